The molecule has 5 heteroatoms. The Kier molecular flexibility index (Phi) is 4.35. The minimum absolute atomic E-state index is 0.0660. The summed E-state index contributed by atoms with van der Waals surface area (Å²) in [6.45, 7) is 4.07. The number of fused-ring (bicyclic) bond motifs is 1. The predicted molar refractivity (Wildman–Crippen MR) is 92.5 cm³/mol. The molecule has 0 unspecified atom stereocenters. The van der Waals surface area contributed by atoms with Crippen LogP contribution in [0.2, 0.25) is 5.02 Å². The minimum atomic E-state index is -0.147. The number of hydrogen-bond donors (Lipinski definition) is 1. The zero-order valence-corrected chi connectivity index (χ0v) is 13.8. The average molecular weight is 328 g/mol. The Morgan fingerprint density at radius 1 is 1.22 bits per heavy atom. The Balaban J connectivity index is 1.76. The van der Waals surface area contributed by atoms with E-state index in [0.29, 0.717) is 5.02 Å². The van der Waals surface area contributed by atoms with E-state index in [1.165, 1.54) is 0 Å². The van der Waals surface area contributed by atoms with Crippen LogP contribution in [0.5, 0.6) is 0 Å². The Hall–Kier alpha value is -2.33. The van der Waals surface area contributed by atoms with Crippen molar-refractivity contribution in [3.8, 4) is 0 Å². The van der Waals surface area contributed by atoms with E-state index in [-0.39, 0.29) is 18.5 Å². The summed E-state index contributed by atoms with van der Waals surface area (Å²) in [5, 5.41) is 3.65. The van der Waals surface area contributed by atoms with Crippen LogP contribution in [0.3, 0.4) is 0 Å². The lowest BCUT2D eigenvalue weighted by molar-refractivity contribution is -0.122. The van der Waals surface area contributed by atoms with E-state index in [1.807, 2.05) is 66.9 Å². The number of hydrogen-bond acceptors (Lipinski definition) is 2. The van der Waals surface area contributed by atoms with Gasteiger partial charge in [0.15, 0.2) is 0 Å². The van der Waals surface area contributed by atoms with Crippen molar-refractivity contribution in [2.75, 3.05) is 0 Å². The molecule has 0 spiro atoms. The molecule has 0 saturated carbocycles. The van der Waals surface area contributed by atoms with E-state index < -0.39 is 0 Å². The number of nitrogens with zero attached hydrogens (tertiary/aromatic N) is 2. The summed E-state index contributed by atoms with van der Waals surface area (Å²) < 4.78 is 1.92. The van der Waals surface area contributed by atoms with Crippen LogP contribution in [-0.2, 0) is 11.3 Å². The van der Waals surface area contributed by atoms with Crippen LogP contribution in [0.4, 0.5) is 0 Å². The normalized spacial score (nSPS) is 12.3. The number of amides is 1. The topological polar surface area (TPSA) is 46.9 Å². The molecule has 0 radical (unpaired) electrons. The molecule has 0 bridgehead atoms. The van der Waals surface area contributed by atoms with Crippen molar-refractivity contribution in [2.24, 2.45) is 0 Å². The molecule has 3 rings (SSSR count). The first-order valence-electron chi connectivity index (χ1n) is 7.52. The summed E-state index contributed by atoms with van der Waals surface area (Å²) in [5.74, 6) is 0.760. The zero-order chi connectivity index (χ0) is 16.4. The molecule has 4 nitrogen and oxygen atoms in total. The van der Waals surface area contributed by atoms with Gasteiger partial charge in [0.25, 0.3) is 0 Å². The first-order chi connectivity index (χ1) is 11.1. The van der Waals surface area contributed by atoms with Crippen LogP contribution in [-0.4, -0.2) is 15.5 Å². The number of nitrogens with one attached hydrogen (secondary N) is 1. The molecule has 0 fully saturated rings. The van der Waals surface area contributed by atoms with E-state index in [9.17, 15) is 4.79 Å². The van der Waals surface area contributed by atoms with Crippen molar-refractivity contribution in [1.82, 2.24) is 14.9 Å². The fourth-order valence-corrected chi connectivity index (χ4v) is 3.03. The van der Waals surface area contributed by atoms with Crippen LogP contribution in [0.15, 0.2) is 48.5 Å². The molecule has 2 aromatic carbocycles. The second-order valence-corrected chi connectivity index (χ2v) is 5.95. The number of carbonyl (C=O) groups is 1. The van der Waals surface area contributed by atoms with Crippen LogP contribution in [0.1, 0.15) is 24.4 Å². The smallest absolute Gasteiger partial charge is 0.240 e. The highest BCUT2D eigenvalue weighted by atomic mass is 35.5. The molecule has 0 aliphatic carbocycles. The zero-order valence-electron chi connectivity index (χ0n) is 13.1. The molecule has 0 aliphatic rings. The van der Waals surface area contributed by atoms with Gasteiger partial charge in [-0.15, -0.1) is 0 Å². The number of aromatic nitrogens is 2. The largest absolute Gasteiger partial charge is 0.348 e. The quantitative estimate of drug-likeness (QED) is 0.790. The molecule has 3 aromatic rings. The highest BCUT2D eigenvalue weighted by Gasteiger charge is 2.15. The molecule has 23 heavy (non-hydrogen) atoms. The van der Waals surface area contributed by atoms with Crippen LogP contribution < -0.4 is 5.32 Å². The predicted octanol–water partition coefficient (Wildman–Crippen LogP) is 3.88. The average Bonchev–Trinajstić information content (AvgIpc) is 2.83. The standard InChI is InChI=1S/C18H18ClN3O/c1-12(14-7-3-4-8-15(14)19)20-18(23)11-22-13(2)21-16-9-5-6-10-17(16)22/h3-10,12H,11H2,1-2H3,(H,20,23)/t12-/m0/s1. The number of para-hydroxylation sites is 2. The van der Waals surface area contributed by atoms with Gasteiger partial charge in [0.2, 0.25) is 5.91 Å². The van der Waals surface area contributed by atoms with Gasteiger partial charge in [-0.25, -0.2) is 4.98 Å². The number of aryl methyl sites for hydroxylation is 1. The Morgan fingerprint density at radius 2 is 1.91 bits per heavy atom. The van der Waals surface area contributed by atoms with E-state index in [4.69, 9.17) is 11.6 Å². The highest BCUT2D eigenvalue weighted by molar-refractivity contribution is 6.31. The second-order valence-electron chi connectivity index (χ2n) is 5.54. The van der Waals surface area contributed by atoms with E-state index in [0.717, 1.165) is 22.4 Å². The van der Waals surface area contributed by atoms with Crippen molar-refractivity contribution >= 4 is 28.5 Å². The summed E-state index contributed by atoms with van der Waals surface area (Å²) in [4.78, 5) is 16.9. The van der Waals surface area contributed by atoms with Crippen molar-refractivity contribution in [3.63, 3.8) is 0 Å². The van der Waals surface area contributed by atoms with Gasteiger partial charge in [0.1, 0.15) is 12.4 Å². The fraction of sp³-hybridized carbons (Fsp3) is 0.222. The first-order valence-corrected chi connectivity index (χ1v) is 7.89. The van der Waals surface area contributed by atoms with E-state index in [2.05, 4.69) is 10.3 Å². The van der Waals surface area contributed by atoms with Gasteiger partial charge in [0, 0.05) is 5.02 Å². The maximum absolute atomic E-state index is 12.4. The van der Waals surface area contributed by atoms with Crippen molar-refractivity contribution in [2.45, 2.75) is 26.4 Å². The summed E-state index contributed by atoms with van der Waals surface area (Å²) in [6, 6.07) is 15.2. The lowest BCUT2D eigenvalue weighted by atomic mass is 10.1. The molecule has 1 aromatic heterocycles. The number of rotatable bonds is 4. The van der Waals surface area contributed by atoms with Gasteiger partial charge < -0.3 is 9.88 Å². The van der Waals surface area contributed by atoms with Gasteiger partial charge in [0.05, 0.1) is 17.1 Å². The summed E-state index contributed by atoms with van der Waals surface area (Å²) in [6.07, 6.45) is 0. The van der Waals surface area contributed by atoms with Gasteiger partial charge in [-0.05, 0) is 37.6 Å². The lowest BCUT2D eigenvalue weighted by Gasteiger charge is -2.16. The Bertz CT molecular complexity index is 856. The third-order valence-electron chi connectivity index (χ3n) is 3.90. The minimum Gasteiger partial charge on any atom is -0.348 e. The lowest BCUT2D eigenvalue weighted by Crippen LogP contribution is -2.30. The van der Waals surface area contributed by atoms with E-state index >= 15 is 0 Å². The number of benzene rings is 2. The second kappa shape index (κ2) is 6.42. The molecule has 1 atom stereocenters. The van der Waals surface area contributed by atoms with Gasteiger partial charge in [-0.2, -0.15) is 0 Å². The van der Waals surface area contributed by atoms with Crippen molar-refractivity contribution in [3.05, 3.63) is 64.9 Å². The molecule has 1 heterocycles. The van der Waals surface area contributed by atoms with Crippen molar-refractivity contribution < 1.29 is 4.79 Å². The van der Waals surface area contributed by atoms with Gasteiger partial charge in [-0.1, -0.05) is 41.9 Å². The maximum Gasteiger partial charge on any atom is 0.240 e. The molecular formula is C18H18ClN3O. The fourth-order valence-electron chi connectivity index (χ4n) is 2.73. The van der Waals surface area contributed by atoms with E-state index in [1.54, 1.807) is 0 Å². The molecule has 1 amide bonds. The number of imidazole rings is 1. The SMILES string of the molecule is Cc1nc2ccccc2n1CC(=O)N[C@@H](C)c1ccccc1Cl. The summed E-state index contributed by atoms with van der Waals surface area (Å²) in [7, 11) is 0. The highest BCUT2D eigenvalue weighted by Crippen LogP contribution is 2.22. The molecular weight excluding hydrogens is 310 g/mol. The Labute approximate surface area is 140 Å². The van der Waals surface area contributed by atoms with Crippen LogP contribution >= 0.6 is 11.6 Å². The van der Waals surface area contributed by atoms with Crippen LogP contribution in [0.25, 0.3) is 11.0 Å². The van der Waals surface area contributed by atoms with Gasteiger partial charge in [-0.3, -0.25) is 4.79 Å². The third kappa shape index (κ3) is 3.22. The maximum atomic E-state index is 12.4. The molecule has 1 N–H and O–H groups in total. The summed E-state index contributed by atoms with van der Waals surface area (Å²) >= 11 is 6.18. The van der Waals surface area contributed by atoms with Crippen LogP contribution in [0, 0.1) is 6.92 Å². The molecule has 0 saturated heterocycles. The molecule has 0 aliphatic heterocycles. The molecule has 118 valence electrons. The van der Waals surface area contributed by atoms with Gasteiger partial charge >= 0.3 is 0 Å². The summed E-state index contributed by atoms with van der Waals surface area (Å²) in [5.41, 5.74) is 2.78. The Morgan fingerprint density at radius 3 is 2.70 bits per heavy atom. The number of halogens is 1. The monoisotopic (exact) mass is 327 g/mol. The van der Waals surface area contributed by atoms with Crippen molar-refractivity contribution in [1.29, 1.82) is 0 Å². The number of carbonyl (C=O) groups excluding carboxylic acids is 1. The first kappa shape index (κ1) is 15.6. The third-order valence-corrected chi connectivity index (χ3v) is 4.24.